The summed E-state index contributed by atoms with van der Waals surface area (Å²) in [6, 6.07) is 8.72. The first-order chi connectivity index (χ1) is 14.3. The van der Waals surface area contributed by atoms with Crippen LogP contribution in [0.5, 0.6) is 0 Å². The van der Waals surface area contributed by atoms with E-state index in [1.54, 1.807) is 24.3 Å². The van der Waals surface area contributed by atoms with Crippen LogP contribution < -0.4 is 5.32 Å². The van der Waals surface area contributed by atoms with Gasteiger partial charge in [-0.25, -0.2) is 4.98 Å². The summed E-state index contributed by atoms with van der Waals surface area (Å²) in [5.74, 6) is -3.06. The maximum absolute atomic E-state index is 12.6. The number of aromatic nitrogens is 2. The van der Waals surface area contributed by atoms with Crippen molar-refractivity contribution in [3.05, 3.63) is 46.8 Å². The van der Waals surface area contributed by atoms with E-state index in [2.05, 4.69) is 21.8 Å². The molecule has 0 saturated heterocycles. The van der Waals surface area contributed by atoms with E-state index in [0.29, 0.717) is 32.0 Å². The van der Waals surface area contributed by atoms with Gasteiger partial charge in [-0.3, -0.25) is 10.1 Å². The average molecular weight is 447 g/mol. The van der Waals surface area contributed by atoms with Gasteiger partial charge in [0, 0.05) is 22.8 Å². The van der Waals surface area contributed by atoms with Crippen LogP contribution in [0.2, 0.25) is 0 Å². The topological polar surface area (TPSA) is 70.7 Å². The molecule has 0 aliphatic carbocycles. The second kappa shape index (κ2) is 9.41. The fraction of sp³-hybridized carbons (Fsp3) is 0.286. The van der Waals surface area contributed by atoms with E-state index < -0.39 is 11.7 Å². The quantitative estimate of drug-likeness (QED) is 0.275. The monoisotopic (exact) mass is 446 g/mol. The molecule has 0 fully saturated rings. The van der Waals surface area contributed by atoms with E-state index >= 15 is 0 Å². The number of nitrogens with one attached hydrogen (secondary N) is 1. The Labute approximate surface area is 181 Å². The Balaban J connectivity index is 1.82. The number of halogens is 2. The highest BCUT2D eigenvalue weighted by Gasteiger charge is 2.15. The number of nitriles is 1. The lowest BCUT2D eigenvalue weighted by atomic mass is 10.1. The molecule has 9 heteroatoms. The number of carbonyl (C=O) groups is 1. The van der Waals surface area contributed by atoms with Crippen LogP contribution in [0, 0.1) is 25.2 Å². The molecule has 0 radical (unpaired) electrons. The Morgan fingerprint density at radius 1 is 1.40 bits per heavy atom. The van der Waals surface area contributed by atoms with Crippen LogP contribution in [-0.4, -0.2) is 21.2 Å². The van der Waals surface area contributed by atoms with Crippen molar-refractivity contribution in [3.63, 3.8) is 0 Å². The van der Waals surface area contributed by atoms with Crippen molar-refractivity contribution >= 4 is 50.4 Å². The van der Waals surface area contributed by atoms with Crippen LogP contribution in [0.3, 0.4) is 0 Å². The van der Waals surface area contributed by atoms with Crippen molar-refractivity contribution in [2.45, 2.75) is 44.4 Å². The van der Waals surface area contributed by atoms with Crippen molar-refractivity contribution < 1.29 is 13.6 Å². The number of carbonyl (C=O) groups excluding carboxylic acids is 1. The maximum Gasteiger partial charge on any atom is 0.288 e. The zero-order chi connectivity index (χ0) is 21.8. The lowest BCUT2D eigenvalue weighted by Crippen LogP contribution is -2.13. The SMILES string of the molecule is CCCn1c(C)cc(/C=C(\C#N)C(=O)Nc2nc3ccc(SC(F)F)cc3s2)c1C. The van der Waals surface area contributed by atoms with Gasteiger partial charge in [-0.1, -0.05) is 30.0 Å². The van der Waals surface area contributed by atoms with Crippen molar-refractivity contribution in [1.82, 2.24) is 9.55 Å². The number of hydrogen-bond donors (Lipinski definition) is 1. The molecule has 2 aromatic heterocycles. The van der Waals surface area contributed by atoms with Crippen molar-refractivity contribution in [1.29, 1.82) is 5.26 Å². The third kappa shape index (κ3) is 4.89. The van der Waals surface area contributed by atoms with E-state index in [1.807, 2.05) is 26.0 Å². The number of alkyl halides is 2. The summed E-state index contributed by atoms with van der Waals surface area (Å²) in [5, 5.41) is 12.4. The second-order valence-corrected chi connectivity index (χ2v) is 8.72. The van der Waals surface area contributed by atoms with Crippen molar-refractivity contribution in [2.24, 2.45) is 0 Å². The number of benzene rings is 1. The number of rotatable bonds is 7. The first-order valence-corrected chi connectivity index (χ1v) is 11.0. The molecule has 156 valence electrons. The Bertz CT molecular complexity index is 1160. The van der Waals surface area contributed by atoms with Gasteiger partial charge in [-0.05, 0) is 56.2 Å². The van der Waals surface area contributed by atoms with Crippen molar-refractivity contribution in [2.75, 3.05) is 5.32 Å². The van der Waals surface area contributed by atoms with Gasteiger partial charge in [0.25, 0.3) is 11.7 Å². The molecule has 1 aromatic carbocycles. The number of fused-ring (bicyclic) bond motifs is 1. The van der Waals surface area contributed by atoms with Crippen molar-refractivity contribution in [3.8, 4) is 6.07 Å². The summed E-state index contributed by atoms with van der Waals surface area (Å²) in [6.07, 6.45) is 2.56. The largest absolute Gasteiger partial charge is 0.349 e. The summed E-state index contributed by atoms with van der Waals surface area (Å²) in [7, 11) is 0. The van der Waals surface area contributed by atoms with E-state index in [-0.39, 0.29) is 5.57 Å². The average Bonchev–Trinajstić information content (AvgIpc) is 3.20. The molecule has 0 spiro atoms. The molecule has 0 atom stereocenters. The highest BCUT2D eigenvalue weighted by molar-refractivity contribution is 7.99. The fourth-order valence-electron chi connectivity index (χ4n) is 3.14. The molecular formula is C21H20F2N4OS2. The number of nitrogens with zero attached hydrogens (tertiary/aromatic N) is 3. The Morgan fingerprint density at radius 3 is 2.83 bits per heavy atom. The zero-order valence-electron chi connectivity index (χ0n) is 16.7. The Morgan fingerprint density at radius 2 is 2.17 bits per heavy atom. The van der Waals surface area contributed by atoms with Gasteiger partial charge in [0.1, 0.15) is 11.6 Å². The second-order valence-electron chi connectivity index (χ2n) is 6.63. The summed E-state index contributed by atoms with van der Waals surface area (Å²) < 4.78 is 28.0. The van der Waals surface area contributed by atoms with Crippen LogP contribution in [0.15, 0.2) is 34.7 Å². The number of thiazole rings is 1. The smallest absolute Gasteiger partial charge is 0.288 e. The van der Waals surface area contributed by atoms with E-state index in [1.165, 1.54) is 11.3 Å². The molecule has 0 saturated carbocycles. The predicted octanol–water partition coefficient (Wildman–Crippen LogP) is 5.99. The maximum atomic E-state index is 12.6. The molecular weight excluding hydrogens is 426 g/mol. The molecule has 2 heterocycles. The molecule has 0 aliphatic heterocycles. The summed E-state index contributed by atoms with van der Waals surface area (Å²) in [5.41, 5.74) is 3.46. The van der Waals surface area contributed by atoms with Gasteiger partial charge >= 0.3 is 0 Å². The molecule has 1 N–H and O–H groups in total. The van der Waals surface area contributed by atoms with Gasteiger partial charge in [-0.15, -0.1) is 0 Å². The van der Waals surface area contributed by atoms with Crippen LogP contribution in [-0.2, 0) is 11.3 Å². The minimum Gasteiger partial charge on any atom is -0.349 e. The first-order valence-electron chi connectivity index (χ1n) is 9.27. The lowest BCUT2D eigenvalue weighted by Gasteiger charge is -2.07. The number of aryl methyl sites for hydroxylation is 1. The fourth-order valence-corrected chi connectivity index (χ4v) is 4.66. The van der Waals surface area contributed by atoms with E-state index in [9.17, 15) is 18.8 Å². The first kappa shape index (κ1) is 22.0. The standard InChI is InChI=1S/C21H20F2N4OS2/c1-4-7-27-12(2)8-14(13(27)3)9-15(11-24)19(28)26-21-25-17-6-5-16(29-20(22)23)10-18(17)30-21/h5-6,8-10,20H,4,7H2,1-3H3,(H,25,26,28)/b15-9+. The van der Waals surface area contributed by atoms with Gasteiger partial charge in [0.15, 0.2) is 5.13 Å². The highest BCUT2D eigenvalue weighted by atomic mass is 32.2. The number of anilines is 1. The van der Waals surface area contributed by atoms with Gasteiger partial charge in [0.2, 0.25) is 0 Å². The molecule has 5 nitrogen and oxygen atoms in total. The highest BCUT2D eigenvalue weighted by Crippen LogP contribution is 2.32. The predicted molar refractivity (Wildman–Crippen MR) is 118 cm³/mol. The zero-order valence-corrected chi connectivity index (χ0v) is 18.3. The van der Waals surface area contributed by atoms with Crippen LogP contribution in [0.25, 0.3) is 16.3 Å². The van der Waals surface area contributed by atoms with Crippen LogP contribution in [0.4, 0.5) is 13.9 Å². The summed E-state index contributed by atoms with van der Waals surface area (Å²) in [4.78, 5) is 17.4. The normalized spacial score (nSPS) is 11.8. The third-order valence-corrected chi connectivity index (χ3v) is 6.17. The Kier molecular flexibility index (Phi) is 6.90. The Hall–Kier alpha value is -2.70. The van der Waals surface area contributed by atoms with Gasteiger partial charge in [0.05, 0.1) is 10.2 Å². The number of hydrogen-bond acceptors (Lipinski definition) is 5. The van der Waals surface area contributed by atoms with Crippen LogP contribution >= 0.6 is 23.1 Å². The lowest BCUT2D eigenvalue weighted by molar-refractivity contribution is -0.112. The van der Waals surface area contributed by atoms with Crippen LogP contribution in [0.1, 0.15) is 30.3 Å². The molecule has 1 amide bonds. The van der Waals surface area contributed by atoms with E-state index in [0.717, 1.165) is 29.9 Å². The van der Waals surface area contributed by atoms with Gasteiger partial charge < -0.3 is 4.57 Å². The molecule has 3 aromatic rings. The summed E-state index contributed by atoms with van der Waals surface area (Å²) >= 11 is 1.63. The number of amides is 1. The third-order valence-electron chi connectivity index (χ3n) is 4.53. The molecule has 0 aliphatic rings. The molecule has 0 unspecified atom stereocenters. The van der Waals surface area contributed by atoms with E-state index in [4.69, 9.17) is 0 Å². The number of thioether (sulfide) groups is 1. The summed E-state index contributed by atoms with van der Waals surface area (Å²) in [6.45, 7) is 6.92. The minimum atomic E-state index is -2.50. The minimum absolute atomic E-state index is 0.0278. The van der Waals surface area contributed by atoms with Gasteiger partial charge in [-0.2, -0.15) is 14.0 Å². The molecule has 30 heavy (non-hydrogen) atoms. The molecule has 0 bridgehead atoms. The molecule has 3 rings (SSSR count).